The third kappa shape index (κ3) is 2.81. The fourth-order valence-corrected chi connectivity index (χ4v) is 3.75. The van der Waals surface area contributed by atoms with Crippen molar-refractivity contribution in [2.45, 2.75) is 38.6 Å². The van der Waals surface area contributed by atoms with Gasteiger partial charge in [0.15, 0.2) is 5.69 Å². The van der Waals surface area contributed by atoms with Crippen molar-refractivity contribution < 1.29 is 9.21 Å². The van der Waals surface area contributed by atoms with Crippen LogP contribution in [0, 0.1) is 6.92 Å². The largest absolute Gasteiger partial charge is 0.440 e. The van der Waals surface area contributed by atoms with Gasteiger partial charge in [0, 0.05) is 13.2 Å². The maximum Gasteiger partial charge on any atom is 0.274 e. The van der Waals surface area contributed by atoms with Gasteiger partial charge >= 0.3 is 0 Å². The number of rotatable bonds is 3. The maximum absolute atomic E-state index is 12.9. The number of hydrogen-bond donors (Lipinski definition) is 1. The first-order chi connectivity index (χ1) is 12.5. The van der Waals surface area contributed by atoms with Crippen LogP contribution in [0.1, 0.15) is 47.1 Å². The van der Waals surface area contributed by atoms with Crippen LogP contribution in [-0.2, 0) is 19.0 Å². The molecule has 1 aliphatic rings. The van der Waals surface area contributed by atoms with E-state index in [0.717, 1.165) is 24.8 Å². The number of nitrogens with zero attached hydrogens (tertiary/aromatic N) is 3. The highest BCUT2D eigenvalue weighted by molar-refractivity contribution is 5.94. The van der Waals surface area contributed by atoms with Crippen LogP contribution in [0.15, 0.2) is 41.1 Å². The highest BCUT2D eigenvalue weighted by Gasteiger charge is 2.34. The summed E-state index contributed by atoms with van der Waals surface area (Å²) >= 11 is 0. The molecule has 1 aliphatic carbocycles. The molecule has 1 aromatic carbocycles. The molecule has 1 N–H and O–H groups in total. The number of aromatic nitrogens is 3. The number of amides is 1. The van der Waals surface area contributed by atoms with Crippen LogP contribution in [0.3, 0.4) is 0 Å². The Morgan fingerprint density at radius 1 is 1.35 bits per heavy atom. The Bertz CT molecular complexity index is 972. The summed E-state index contributed by atoms with van der Waals surface area (Å²) in [6.45, 7) is 3.85. The first kappa shape index (κ1) is 16.6. The van der Waals surface area contributed by atoms with Crippen LogP contribution in [-0.4, -0.2) is 20.7 Å². The van der Waals surface area contributed by atoms with E-state index in [1.54, 1.807) is 17.8 Å². The summed E-state index contributed by atoms with van der Waals surface area (Å²) in [4.78, 5) is 17.4. The standard InChI is InChI=1S/C20H22N4O2/c1-13-17(22-19(26-13)15-11-21-24(3)12-15)18(25)23-20(2)10-6-8-14-7-4-5-9-16(14)20/h4-5,7,9,11-12H,6,8,10H2,1-3H3,(H,23,25). The minimum Gasteiger partial charge on any atom is -0.440 e. The molecule has 1 atom stereocenters. The Kier molecular flexibility index (Phi) is 3.90. The average molecular weight is 350 g/mol. The van der Waals surface area contributed by atoms with Gasteiger partial charge in [0.25, 0.3) is 5.91 Å². The van der Waals surface area contributed by atoms with Gasteiger partial charge in [-0.05, 0) is 44.2 Å². The van der Waals surface area contributed by atoms with Gasteiger partial charge in [0.2, 0.25) is 5.89 Å². The van der Waals surface area contributed by atoms with Crippen LogP contribution < -0.4 is 5.32 Å². The lowest BCUT2D eigenvalue weighted by molar-refractivity contribution is 0.0889. The van der Waals surface area contributed by atoms with E-state index in [2.05, 4.69) is 34.5 Å². The van der Waals surface area contributed by atoms with Gasteiger partial charge in [-0.3, -0.25) is 9.48 Å². The van der Waals surface area contributed by atoms with Gasteiger partial charge in [-0.2, -0.15) is 5.10 Å². The van der Waals surface area contributed by atoms with E-state index < -0.39 is 5.54 Å². The summed E-state index contributed by atoms with van der Waals surface area (Å²) in [5.74, 6) is 0.713. The van der Waals surface area contributed by atoms with E-state index in [9.17, 15) is 4.79 Å². The number of benzene rings is 1. The first-order valence-electron chi connectivity index (χ1n) is 8.84. The molecule has 1 unspecified atom stereocenters. The van der Waals surface area contributed by atoms with Gasteiger partial charge in [0.05, 0.1) is 17.3 Å². The molecular formula is C20H22N4O2. The third-order valence-corrected chi connectivity index (χ3v) is 5.09. The van der Waals surface area contributed by atoms with Crippen molar-refractivity contribution in [2.75, 3.05) is 0 Å². The lowest BCUT2D eigenvalue weighted by Crippen LogP contribution is -2.46. The molecular weight excluding hydrogens is 328 g/mol. The summed E-state index contributed by atoms with van der Waals surface area (Å²) in [5.41, 5.74) is 3.17. The lowest BCUT2D eigenvalue weighted by atomic mass is 9.77. The molecule has 0 spiro atoms. The Hall–Kier alpha value is -2.89. The molecule has 0 saturated heterocycles. The molecule has 1 amide bonds. The highest BCUT2D eigenvalue weighted by Crippen LogP contribution is 2.35. The Morgan fingerprint density at radius 3 is 2.92 bits per heavy atom. The molecule has 0 radical (unpaired) electrons. The lowest BCUT2D eigenvalue weighted by Gasteiger charge is -2.36. The van der Waals surface area contributed by atoms with Crippen molar-refractivity contribution in [1.29, 1.82) is 0 Å². The summed E-state index contributed by atoms with van der Waals surface area (Å²) in [5, 5.41) is 7.32. The molecule has 0 saturated carbocycles. The zero-order chi connectivity index (χ0) is 18.3. The van der Waals surface area contributed by atoms with Gasteiger partial charge in [-0.1, -0.05) is 24.3 Å². The normalized spacial score (nSPS) is 19.2. The predicted octanol–water partition coefficient (Wildman–Crippen LogP) is 3.37. The number of nitrogens with one attached hydrogen (secondary N) is 1. The van der Waals surface area contributed by atoms with Crippen molar-refractivity contribution in [3.05, 3.63) is 59.2 Å². The summed E-state index contributed by atoms with van der Waals surface area (Å²) in [6, 6.07) is 8.32. The van der Waals surface area contributed by atoms with Crippen molar-refractivity contribution in [3.8, 4) is 11.5 Å². The van der Waals surface area contributed by atoms with E-state index in [1.807, 2.05) is 25.4 Å². The number of carbonyl (C=O) groups is 1. The second-order valence-electron chi connectivity index (χ2n) is 7.12. The molecule has 134 valence electrons. The molecule has 26 heavy (non-hydrogen) atoms. The minimum atomic E-state index is -0.397. The number of carbonyl (C=O) groups excluding carboxylic acids is 1. The SMILES string of the molecule is Cc1oc(-c2cnn(C)c2)nc1C(=O)NC1(C)CCCc2ccccc21. The fourth-order valence-electron chi connectivity index (χ4n) is 3.75. The number of fused-ring (bicyclic) bond motifs is 1. The summed E-state index contributed by atoms with van der Waals surface area (Å²) < 4.78 is 7.38. The molecule has 6 heteroatoms. The van der Waals surface area contributed by atoms with E-state index in [4.69, 9.17) is 4.42 Å². The second-order valence-corrected chi connectivity index (χ2v) is 7.12. The van der Waals surface area contributed by atoms with Crippen molar-refractivity contribution in [3.63, 3.8) is 0 Å². The van der Waals surface area contributed by atoms with Crippen LogP contribution >= 0.6 is 0 Å². The Balaban J connectivity index is 1.62. The maximum atomic E-state index is 12.9. The highest BCUT2D eigenvalue weighted by atomic mass is 16.4. The van der Waals surface area contributed by atoms with Crippen LogP contribution in [0.4, 0.5) is 0 Å². The summed E-state index contributed by atoms with van der Waals surface area (Å²) in [7, 11) is 1.83. The summed E-state index contributed by atoms with van der Waals surface area (Å²) in [6.07, 6.45) is 6.49. The third-order valence-electron chi connectivity index (χ3n) is 5.09. The Labute approximate surface area is 152 Å². The topological polar surface area (TPSA) is 73.0 Å². The predicted molar refractivity (Wildman–Crippen MR) is 97.6 cm³/mol. The molecule has 0 bridgehead atoms. The first-order valence-corrected chi connectivity index (χ1v) is 8.84. The van der Waals surface area contributed by atoms with Crippen molar-refractivity contribution in [1.82, 2.24) is 20.1 Å². The average Bonchev–Trinajstić information content (AvgIpc) is 3.21. The van der Waals surface area contributed by atoms with E-state index >= 15 is 0 Å². The monoisotopic (exact) mass is 350 g/mol. The van der Waals surface area contributed by atoms with Crippen LogP contribution in [0.2, 0.25) is 0 Å². The minimum absolute atomic E-state index is 0.208. The second kappa shape index (κ2) is 6.12. The molecule has 0 aliphatic heterocycles. The molecule has 2 heterocycles. The number of hydrogen-bond acceptors (Lipinski definition) is 4. The van der Waals surface area contributed by atoms with E-state index in [1.165, 1.54) is 11.1 Å². The van der Waals surface area contributed by atoms with Gasteiger partial charge in [0.1, 0.15) is 5.76 Å². The number of oxazole rings is 1. The molecule has 0 fully saturated rings. The van der Waals surface area contributed by atoms with E-state index in [-0.39, 0.29) is 5.91 Å². The zero-order valence-corrected chi connectivity index (χ0v) is 15.2. The molecule has 6 nitrogen and oxygen atoms in total. The Morgan fingerprint density at radius 2 is 2.15 bits per heavy atom. The molecule has 3 aromatic rings. The van der Waals surface area contributed by atoms with Crippen molar-refractivity contribution >= 4 is 5.91 Å². The van der Waals surface area contributed by atoms with Crippen molar-refractivity contribution in [2.24, 2.45) is 7.05 Å². The van der Waals surface area contributed by atoms with Gasteiger partial charge in [-0.25, -0.2) is 4.98 Å². The molecule has 4 rings (SSSR count). The fraction of sp³-hybridized carbons (Fsp3) is 0.350. The number of aryl methyl sites for hydroxylation is 3. The van der Waals surface area contributed by atoms with Crippen LogP contribution in [0.5, 0.6) is 0 Å². The smallest absolute Gasteiger partial charge is 0.274 e. The van der Waals surface area contributed by atoms with Crippen LogP contribution in [0.25, 0.3) is 11.5 Å². The quantitative estimate of drug-likeness (QED) is 0.786. The van der Waals surface area contributed by atoms with Gasteiger partial charge in [-0.15, -0.1) is 0 Å². The van der Waals surface area contributed by atoms with Gasteiger partial charge < -0.3 is 9.73 Å². The molecule has 2 aromatic heterocycles. The van der Waals surface area contributed by atoms with E-state index in [0.29, 0.717) is 17.3 Å². The zero-order valence-electron chi connectivity index (χ0n) is 15.2.